The number of hydrogen-bond donors (Lipinski definition) is 1. The molecule has 0 saturated heterocycles. The quantitative estimate of drug-likeness (QED) is 0.742. The second kappa shape index (κ2) is 7.31. The number of rotatable bonds is 6. The van der Waals surface area contributed by atoms with Crippen molar-refractivity contribution in [1.82, 2.24) is 10.5 Å². The van der Waals surface area contributed by atoms with Crippen LogP contribution in [-0.4, -0.2) is 24.7 Å². The molecule has 0 bridgehead atoms. The van der Waals surface area contributed by atoms with Gasteiger partial charge < -0.3 is 14.6 Å². The van der Waals surface area contributed by atoms with Crippen LogP contribution in [0.3, 0.4) is 0 Å². The van der Waals surface area contributed by atoms with Crippen LogP contribution in [0.15, 0.2) is 46.3 Å². The van der Waals surface area contributed by atoms with Gasteiger partial charge in [0.25, 0.3) is 5.91 Å². The Hall–Kier alpha value is -2.60. The van der Waals surface area contributed by atoms with Crippen LogP contribution in [0, 0.1) is 6.92 Å². The number of nitrogens with one attached hydrogen (secondary N) is 1. The molecule has 0 aliphatic heterocycles. The lowest BCUT2D eigenvalue weighted by Crippen LogP contribution is -2.26. The fourth-order valence-electron chi connectivity index (χ4n) is 2.42. The zero-order valence-corrected chi connectivity index (χ0v) is 14.4. The second-order valence-corrected chi connectivity index (χ2v) is 6.32. The van der Waals surface area contributed by atoms with E-state index in [-0.39, 0.29) is 11.6 Å². The van der Waals surface area contributed by atoms with Crippen LogP contribution < -0.4 is 10.1 Å². The molecule has 3 rings (SSSR count). The molecule has 0 atom stereocenters. The van der Waals surface area contributed by atoms with Gasteiger partial charge in [-0.3, -0.25) is 4.79 Å². The molecule has 5 nitrogen and oxygen atoms in total. The van der Waals surface area contributed by atoms with E-state index in [1.54, 1.807) is 24.5 Å². The predicted molar refractivity (Wildman–Crippen MR) is 93.6 cm³/mol. The number of hydrogen-bond acceptors (Lipinski definition) is 5. The lowest BCUT2D eigenvalue weighted by molar-refractivity contribution is 0.0945. The second-order valence-electron chi connectivity index (χ2n) is 5.37. The zero-order valence-electron chi connectivity index (χ0n) is 13.5. The normalized spacial score (nSPS) is 10.6. The van der Waals surface area contributed by atoms with Crippen molar-refractivity contribution >= 4 is 17.2 Å². The summed E-state index contributed by atoms with van der Waals surface area (Å²) in [6.07, 6.45) is 0.687. The molecule has 6 heteroatoms. The number of carbonyl (C=O) groups is 1. The van der Waals surface area contributed by atoms with Crippen molar-refractivity contribution in [3.8, 4) is 16.4 Å². The van der Waals surface area contributed by atoms with Crippen molar-refractivity contribution in [3.05, 3.63) is 58.6 Å². The van der Waals surface area contributed by atoms with Gasteiger partial charge in [0.1, 0.15) is 5.75 Å². The molecule has 3 aromatic rings. The highest BCUT2D eigenvalue weighted by Crippen LogP contribution is 2.25. The Morgan fingerprint density at radius 1 is 1.33 bits per heavy atom. The fraction of sp³-hybridized carbons (Fsp3) is 0.222. The lowest BCUT2D eigenvalue weighted by atomic mass is 10.1. The molecule has 0 spiro atoms. The van der Waals surface area contributed by atoms with Crippen LogP contribution in [0.5, 0.6) is 5.75 Å². The number of thiophene rings is 1. The Morgan fingerprint density at radius 2 is 2.21 bits per heavy atom. The molecule has 1 N–H and O–H groups in total. The smallest absolute Gasteiger partial charge is 0.273 e. The van der Waals surface area contributed by atoms with E-state index >= 15 is 0 Å². The van der Waals surface area contributed by atoms with Gasteiger partial charge in [-0.05, 0) is 36.4 Å². The van der Waals surface area contributed by atoms with Gasteiger partial charge in [-0.15, -0.1) is 11.3 Å². The third-order valence-corrected chi connectivity index (χ3v) is 4.51. The monoisotopic (exact) mass is 342 g/mol. The molecule has 0 fully saturated rings. The first-order chi connectivity index (χ1) is 11.7. The number of amides is 1. The van der Waals surface area contributed by atoms with E-state index in [4.69, 9.17) is 9.26 Å². The Bertz CT molecular complexity index is 825. The van der Waals surface area contributed by atoms with E-state index in [0.29, 0.717) is 18.7 Å². The molecule has 1 amide bonds. The van der Waals surface area contributed by atoms with Crippen molar-refractivity contribution in [2.24, 2.45) is 0 Å². The van der Waals surface area contributed by atoms with Gasteiger partial charge in [-0.25, -0.2) is 0 Å². The first kappa shape index (κ1) is 16.3. The molecule has 0 radical (unpaired) electrons. The average Bonchev–Trinajstić information content (AvgIpc) is 3.26. The highest BCUT2D eigenvalue weighted by Gasteiger charge is 2.14. The van der Waals surface area contributed by atoms with Gasteiger partial charge in [0, 0.05) is 12.6 Å². The van der Waals surface area contributed by atoms with Crippen LogP contribution in [0.25, 0.3) is 10.6 Å². The molecule has 2 aromatic heterocycles. The van der Waals surface area contributed by atoms with Crippen LogP contribution >= 0.6 is 11.3 Å². The Labute approximate surface area is 144 Å². The highest BCUT2D eigenvalue weighted by molar-refractivity contribution is 7.13. The topological polar surface area (TPSA) is 64.4 Å². The summed E-state index contributed by atoms with van der Waals surface area (Å²) in [7, 11) is 1.65. The van der Waals surface area contributed by atoms with Crippen LogP contribution in [-0.2, 0) is 6.42 Å². The summed E-state index contributed by atoms with van der Waals surface area (Å²) in [6.45, 7) is 2.53. The molecular weight excluding hydrogens is 324 g/mol. The first-order valence-corrected chi connectivity index (χ1v) is 8.47. The third kappa shape index (κ3) is 3.65. The maximum absolute atomic E-state index is 12.2. The van der Waals surface area contributed by atoms with E-state index in [1.165, 1.54) is 0 Å². The van der Waals surface area contributed by atoms with E-state index in [1.807, 2.05) is 36.6 Å². The minimum Gasteiger partial charge on any atom is -0.496 e. The maximum atomic E-state index is 12.2. The molecule has 124 valence electrons. The van der Waals surface area contributed by atoms with Gasteiger partial charge in [0.05, 0.1) is 12.0 Å². The number of ether oxygens (including phenoxy) is 1. The highest BCUT2D eigenvalue weighted by atomic mass is 32.1. The molecule has 0 aliphatic rings. The number of aryl methyl sites for hydroxylation is 1. The zero-order chi connectivity index (χ0) is 16.9. The third-order valence-electron chi connectivity index (χ3n) is 3.62. The predicted octanol–water partition coefficient (Wildman–Crippen LogP) is 3.69. The van der Waals surface area contributed by atoms with Crippen LogP contribution in [0.2, 0.25) is 0 Å². The molecule has 0 unspecified atom stereocenters. The van der Waals surface area contributed by atoms with E-state index in [0.717, 1.165) is 21.8 Å². The average molecular weight is 342 g/mol. The summed E-state index contributed by atoms with van der Waals surface area (Å²) in [5.41, 5.74) is 2.51. The summed E-state index contributed by atoms with van der Waals surface area (Å²) < 4.78 is 10.6. The maximum Gasteiger partial charge on any atom is 0.273 e. The van der Waals surface area contributed by atoms with Gasteiger partial charge >= 0.3 is 0 Å². The lowest BCUT2D eigenvalue weighted by Gasteiger charge is -2.09. The van der Waals surface area contributed by atoms with Gasteiger partial charge in [-0.2, -0.15) is 0 Å². The Morgan fingerprint density at radius 3 is 2.96 bits per heavy atom. The Kier molecular flexibility index (Phi) is 4.96. The van der Waals surface area contributed by atoms with Crippen LogP contribution in [0.1, 0.15) is 21.6 Å². The number of carbonyl (C=O) groups excluding carboxylic acids is 1. The largest absolute Gasteiger partial charge is 0.496 e. The van der Waals surface area contributed by atoms with Gasteiger partial charge in [0.2, 0.25) is 0 Å². The van der Waals surface area contributed by atoms with Crippen molar-refractivity contribution in [2.45, 2.75) is 13.3 Å². The summed E-state index contributed by atoms with van der Waals surface area (Å²) >= 11 is 1.54. The number of methoxy groups -OCH3 is 1. The van der Waals surface area contributed by atoms with Gasteiger partial charge in [0.15, 0.2) is 11.5 Å². The van der Waals surface area contributed by atoms with Crippen LogP contribution in [0.4, 0.5) is 0 Å². The molecule has 2 heterocycles. The SMILES string of the molecule is COc1ccc(C)cc1CCNC(=O)c1cc(-c2cccs2)on1. The Balaban J connectivity index is 1.59. The fourth-order valence-corrected chi connectivity index (χ4v) is 3.09. The minimum absolute atomic E-state index is 0.242. The standard InChI is InChI=1S/C18H18N2O3S/c1-12-5-6-15(22-2)13(10-12)7-8-19-18(21)14-11-16(23-20-14)17-4-3-9-24-17/h3-6,9-11H,7-8H2,1-2H3,(H,19,21). The van der Waals surface area contributed by atoms with E-state index in [2.05, 4.69) is 16.5 Å². The van der Waals surface area contributed by atoms with Crippen molar-refractivity contribution in [2.75, 3.05) is 13.7 Å². The minimum atomic E-state index is -0.242. The van der Waals surface area contributed by atoms with Crippen molar-refractivity contribution in [1.29, 1.82) is 0 Å². The summed E-state index contributed by atoms with van der Waals surface area (Å²) in [6, 6.07) is 11.5. The van der Waals surface area contributed by atoms with E-state index in [9.17, 15) is 4.79 Å². The van der Waals surface area contributed by atoms with E-state index < -0.39 is 0 Å². The molecule has 24 heavy (non-hydrogen) atoms. The summed E-state index contributed by atoms with van der Waals surface area (Å²) in [5, 5.41) is 8.65. The van der Waals surface area contributed by atoms with Crippen molar-refractivity contribution in [3.63, 3.8) is 0 Å². The molecule has 0 saturated carbocycles. The molecule has 0 aliphatic carbocycles. The molecular formula is C18H18N2O3S. The summed E-state index contributed by atoms with van der Waals surface area (Å²) in [4.78, 5) is 13.1. The first-order valence-electron chi connectivity index (χ1n) is 7.59. The summed E-state index contributed by atoms with van der Waals surface area (Å²) in [5.74, 6) is 1.19. The number of aromatic nitrogens is 1. The number of nitrogens with zero attached hydrogens (tertiary/aromatic N) is 1. The number of benzene rings is 1. The molecule has 1 aromatic carbocycles. The van der Waals surface area contributed by atoms with Crippen molar-refractivity contribution < 1.29 is 14.1 Å². The van der Waals surface area contributed by atoms with Gasteiger partial charge in [-0.1, -0.05) is 28.9 Å².